The average Bonchev–Trinajstić information content (AvgIpc) is 3.28. The molecule has 25 heavy (non-hydrogen) atoms. The van der Waals surface area contributed by atoms with Crippen molar-refractivity contribution in [3.8, 4) is 0 Å². The van der Waals surface area contributed by atoms with Crippen LogP contribution in [0.15, 0.2) is 47.8 Å². The van der Waals surface area contributed by atoms with Gasteiger partial charge in [0.2, 0.25) is 11.8 Å². The lowest BCUT2D eigenvalue weighted by molar-refractivity contribution is -0.147. The van der Waals surface area contributed by atoms with Gasteiger partial charge in [0.25, 0.3) is 0 Å². The van der Waals surface area contributed by atoms with Crippen LogP contribution in [0.25, 0.3) is 0 Å². The van der Waals surface area contributed by atoms with Gasteiger partial charge in [-0.2, -0.15) is 0 Å². The summed E-state index contributed by atoms with van der Waals surface area (Å²) >= 11 is 1.71. The van der Waals surface area contributed by atoms with E-state index >= 15 is 0 Å². The first-order valence-electron chi connectivity index (χ1n) is 8.61. The van der Waals surface area contributed by atoms with E-state index in [1.165, 1.54) is 4.88 Å². The van der Waals surface area contributed by atoms with E-state index in [1.807, 2.05) is 36.4 Å². The molecule has 0 spiro atoms. The maximum absolute atomic E-state index is 12.8. The standard InChI is InChI=1S/C19H21N3O2S/c23-18-17-10-14(20-11-15-7-4-8-25-15)12-22(17)19(24)16(21-18)9-13-5-2-1-3-6-13/h1-8,14,16-17,20H,9-12H2,(H,21,23)/t14-,16-,17-/m0/s1. The van der Waals surface area contributed by atoms with Crippen LogP contribution >= 0.6 is 11.3 Å². The van der Waals surface area contributed by atoms with Crippen molar-refractivity contribution in [3.63, 3.8) is 0 Å². The minimum Gasteiger partial charge on any atom is -0.342 e. The number of amides is 2. The minimum atomic E-state index is -0.456. The highest BCUT2D eigenvalue weighted by Crippen LogP contribution is 2.24. The van der Waals surface area contributed by atoms with E-state index in [-0.39, 0.29) is 23.9 Å². The third kappa shape index (κ3) is 3.45. The van der Waals surface area contributed by atoms with Crippen molar-refractivity contribution < 1.29 is 9.59 Å². The van der Waals surface area contributed by atoms with Crippen molar-refractivity contribution >= 4 is 23.2 Å². The van der Waals surface area contributed by atoms with Gasteiger partial charge in [-0.25, -0.2) is 0 Å². The number of thiophene rings is 1. The summed E-state index contributed by atoms with van der Waals surface area (Å²) in [6.07, 6.45) is 1.23. The predicted octanol–water partition coefficient (Wildman–Crippen LogP) is 1.55. The van der Waals surface area contributed by atoms with Crippen LogP contribution in [0, 0.1) is 0 Å². The third-order valence-corrected chi connectivity index (χ3v) is 5.81. The molecule has 2 aromatic rings. The Morgan fingerprint density at radius 3 is 2.76 bits per heavy atom. The molecule has 1 aromatic carbocycles. The normalized spacial score (nSPS) is 25.8. The molecule has 3 heterocycles. The third-order valence-electron chi connectivity index (χ3n) is 4.93. The van der Waals surface area contributed by atoms with Crippen molar-refractivity contribution in [3.05, 3.63) is 58.3 Å². The molecule has 3 atom stereocenters. The Hall–Kier alpha value is -2.18. The molecule has 1 aromatic heterocycles. The Morgan fingerprint density at radius 1 is 1.16 bits per heavy atom. The topological polar surface area (TPSA) is 61.4 Å². The highest BCUT2D eigenvalue weighted by Gasteiger charge is 2.46. The second-order valence-electron chi connectivity index (χ2n) is 6.65. The first-order valence-corrected chi connectivity index (χ1v) is 9.49. The summed E-state index contributed by atoms with van der Waals surface area (Å²) in [4.78, 5) is 28.3. The van der Waals surface area contributed by atoms with E-state index in [2.05, 4.69) is 22.1 Å². The summed E-state index contributed by atoms with van der Waals surface area (Å²) in [6, 6.07) is 13.3. The summed E-state index contributed by atoms with van der Waals surface area (Å²) in [5.41, 5.74) is 1.06. The fourth-order valence-corrected chi connectivity index (χ4v) is 4.31. The van der Waals surface area contributed by atoms with Crippen LogP contribution in [0.4, 0.5) is 0 Å². The number of carbonyl (C=O) groups is 2. The summed E-state index contributed by atoms with van der Waals surface area (Å²) < 4.78 is 0. The van der Waals surface area contributed by atoms with E-state index in [0.717, 1.165) is 12.1 Å². The zero-order chi connectivity index (χ0) is 17.2. The molecule has 0 bridgehead atoms. The number of piperazine rings is 1. The monoisotopic (exact) mass is 355 g/mol. The van der Waals surface area contributed by atoms with Gasteiger partial charge in [0.1, 0.15) is 12.1 Å². The van der Waals surface area contributed by atoms with E-state index in [9.17, 15) is 9.59 Å². The molecule has 6 heteroatoms. The van der Waals surface area contributed by atoms with Crippen LogP contribution < -0.4 is 10.6 Å². The Labute approximate surface area is 151 Å². The van der Waals surface area contributed by atoms with E-state index in [4.69, 9.17) is 0 Å². The highest BCUT2D eigenvalue weighted by atomic mass is 32.1. The fraction of sp³-hybridized carbons (Fsp3) is 0.368. The summed E-state index contributed by atoms with van der Waals surface area (Å²) in [6.45, 7) is 1.39. The lowest BCUT2D eigenvalue weighted by Crippen LogP contribution is -2.61. The van der Waals surface area contributed by atoms with E-state index in [0.29, 0.717) is 19.4 Å². The van der Waals surface area contributed by atoms with Gasteiger partial charge in [0.15, 0.2) is 0 Å². The van der Waals surface area contributed by atoms with Crippen LogP contribution in [0.3, 0.4) is 0 Å². The maximum atomic E-state index is 12.8. The molecule has 0 saturated carbocycles. The van der Waals surface area contributed by atoms with Gasteiger partial charge in [0, 0.05) is 30.4 Å². The molecule has 0 radical (unpaired) electrons. The number of fused-ring (bicyclic) bond motifs is 1. The van der Waals surface area contributed by atoms with Crippen LogP contribution in [0.2, 0.25) is 0 Å². The smallest absolute Gasteiger partial charge is 0.246 e. The molecule has 2 saturated heterocycles. The molecule has 2 fully saturated rings. The molecule has 4 rings (SSSR count). The Bertz CT molecular complexity index is 747. The van der Waals surface area contributed by atoms with Crippen molar-refractivity contribution in [2.45, 2.75) is 37.5 Å². The van der Waals surface area contributed by atoms with E-state index in [1.54, 1.807) is 16.2 Å². The molecular weight excluding hydrogens is 334 g/mol. The lowest BCUT2D eigenvalue weighted by Gasteiger charge is -2.34. The van der Waals surface area contributed by atoms with Crippen LogP contribution in [-0.4, -0.2) is 41.4 Å². The van der Waals surface area contributed by atoms with Crippen molar-refractivity contribution in [1.29, 1.82) is 0 Å². The summed E-state index contributed by atoms with van der Waals surface area (Å²) in [5, 5.41) is 8.46. The molecule has 5 nitrogen and oxygen atoms in total. The summed E-state index contributed by atoms with van der Waals surface area (Å²) in [5.74, 6) is 0.00910. The second kappa shape index (κ2) is 6.98. The highest BCUT2D eigenvalue weighted by molar-refractivity contribution is 7.09. The Morgan fingerprint density at radius 2 is 2.00 bits per heavy atom. The molecule has 130 valence electrons. The van der Waals surface area contributed by atoms with E-state index < -0.39 is 6.04 Å². The average molecular weight is 355 g/mol. The number of hydrogen-bond donors (Lipinski definition) is 2. The number of carbonyl (C=O) groups excluding carboxylic acids is 2. The molecule has 2 N–H and O–H groups in total. The number of nitrogens with zero attached hydrogens (tertiary/aromatic N) is 1. The summed E-state index contributed by atoms with van der Waals surface area (Å²) in [7, 11) is 0. The number of hydrogen-bond acceptors (Lipinski definition) is 4. The number of benzene rings is 1. The number of rotatable bonds is 5. The SMILES string of the molecule is O=C1N[C@@H](Cc2ccccc2)C(=O)N2C[C@@H](NCc3cccs3)C[C@@H]12. The first kappa shape index (κ1) is 16.3. The zero-order valence-corrected chi connectivity index (χ0v) is 14.7. The minimum absolute atomic E-state index is 0.0269. The van der Waals surface area contributed by atoms with Gasteiger partial charge in [0.05, 0.1) is 0 Å². The van der Waals surface area contributed by atoms with Crippen LogP contribution in [0.5, 0.6) is 0 Å². The zero-order valence-electron chi connectivity index (χ0n) is 13.9. The maximum Gasteiger partial charge on any atom is 0.246 e. The van der Waals surface area contributed by atoms with Crippen molar-refractivity contribution in [2.24, 2.45) is 0 Å². The number of nitrogens with one attached hydrogen (secondary N) is 2. The van der Waals surface area contributed by atoms with Crippen molar-refractivity contribution in [2.75, 3.05) is 6.54 Å². The molecule has 0 aliphatic carbocycles. The van der Waals surface area contributed by atoms with Gasteiger partial charge in [-0.1, -0.05) is 36.4 Å². The Balaban J connectivity index is 1.40. The van der Waals surface area contributed by atoms with Gasteiger partial charge in [-0.15, -0.1) is 11.3 Å². The van der Waals surface area contributed by atoms with Crippen molar-refractivity contribution in [1.82, 2.24) is 15.5 Å². The van der Waals surface area contributed by atoms with Gasteiger partial charge in [-0.05, 0) is 23.4 Å². The molecular formula is C19H21N3O2S. The first-order chi connectivity index (χ1) is 12.2. The molecule has 2 amide bonds. The molecule has 0 unspecified atom stereocenters. The Kier molecular flexibility index (Phi) is 4.55. The second-order valence-corrected chi connectivity index (χ2v) is 7.68. The van der Waals surface area contributed by atoms with Gasteiger partial charge in [-0.3, -0.25) is 9.59 Å². The quantitative estimate of drug-likeness (QED) is 0.855. The predicted molar refractivity (Wildman–Crippen MR) is 97.1 cm³/mol. The largest absolute Gasteiger partial charge is 0.342 e. The lowest BCUT2D eigenvalue weighted by atomic mass is 10.0. The van der Waals surface area contributed by atoms with Crippen LogP contribution in [0.1, 0.15) is 16.9 Å². The van der Waals surface area contributed by atoms with Gasteiger partial charge < -0.3 is 15.5 Å². The van der Waals surface area contributed by atoms with Crippen LogP contribution in [-0.2, 0) is 22.6 Å². The van der Waals surface area contributed by atoms with Gasteiger partial charge >= 0.3 is 0 Å². The molecule has 2 aliphatic heterocycles. The fourth-order valence-electron chi connectivity index (χ4n) is 3.65. The molecule has 2 aliphatic rings.